The van der Waals surface area contributed by atoms with Crippen LogP contribution in [0.1, 0.15) is 5.56 Å². The van der Waals surface area contributed by atoms with E-state index < -0.39 is 16.8 Å². The summed E-state index contributed by atoms with van der Waals surface area (Å²) < 4.78 is 0.467. The second-order valence-corrected chi connectivity index (χ2v) is 2.10. The number of hydrogen-bond donors (Lipinski definition) is 1. The normalized spacial score (nSPS) is 9.54. The first-order valence-electron chi connectivity index (χ1n) is 3.16. The fraction of sp³-hybridized carbons (Fsp3) is 0. The molecule has 0 aliphatic carbocycles. The van der Waals surface area contributed by atoms with Crippen molar-refractivity contribution in [1.29, 1.82) is 0 Å². The highest BCUT2D eigenvalue weighted by Crippen LogP contribution is 2.16. The summed E-state index contributed by atoms with van der Waals surface area (Å²) in [4.78, 5) is 19.9. The van der Waals surface area contributed by atoms with Crippen LogP contribution >= 0.6 is 0 Å². The summed E-state index contributed by atoms with van der Waals surface area (Å²) in [6.07, 6.45) is 0.814. The predicted octanol–water partition coefficient (Wildman–Crippen LogP) is 0.960. The van der Waals surface area contributed by atoms with Crippen molar-refractivity contribution < 1.29 is 14.8 Å². The third-order valence-corrected chi connectivity index (χ3v) is 1.31. The first-order valence-corrected chi connectivity index (χ1v) is 3.16. The molecule has 7 nitrogen and oxygen atoms in total. The fourth-order valence-electron chi connectivity index (χ4n) is 0.762. The van der Waals surface area contributed by atoms with Gasteiger partial charge in [-0.1, -0.05) is 17.3 Å². The number of aromatic nitrogens is 2. The molecule has 0 aromatic carbocycles. The molecule has 1 rings (SSSR count). The molecule has 7 heteroatoms. The summed E-state index contributed by atoms with van der Waals surface area (Å²) in [6, 6.07) is 0. The Balaban J connectivity index is 3.27. The first-order chi connectivity index (χ1) is 6.06. The zero-order valence-electron chi connectivity index (χ0n) is 6.38. The molecule has 1 aromatic heterocycles. The molecule has 0 aliphatic heterocycles. The van der Waals surface area contributed by atoms with E-state index in [1.54, 1.807) is 0 Å². The summed E-state index contributed by atoms with van der Waals surface area (Å²) in [5.74, 6) is -0.516. The predicted molar refractivity (Wildman–Crippen MR) is 42.4 cm³/mol. The molecule has 1 N–H and O–H groups in total. The number of hydrogen-bond acceptors (Lipinski definition) is 4. The fourth-order valence-corrected chi connectivity index (χ4v) is 0.762. The van der Waals surface area contributed by atoms with Crippen molar-refractivity contribution in [1.82, 2.24) is 9.78 Å². The van der Waals surface area contributed by atoms with Gasteiger partial charge in [-0.2, -0.15) is 0 Å². The molecule has 68 valence electrons. The molecule has 0 radical (unpaired) electrons. The van der Waals surface area contributed by atoms with E-state index in [9.17, 15) is 14.9 Å². The second kappa shape index (κ2) is 3.05. The number of carbonyl (C=O) groups is 1. The van der Waals surface area contributed by atoms with E-state index in [0.717, 1.165) is 6.20 Å². The summed E-state index contributed by atoms with van der Waals surface area (Å²) in [5.41, 5.74) is 0.0763. The quantitative estimate of drug-likeness (QED) is 0.543. The van der Waals surface area contributed by atoms with Gasteiger partial charge >= 0.3 is 11.9 Å². The van der Waals surface area contributed by atoms with Crippen LogP contribution in [-0.2, 0) is 0 Å². The highest BCUT2D eigenvalue weighted by Gasteiger charge is 2.21. The minimum absolute atomic E-state index is 0.0763. The molecule has 1 aromatic rings. The lowest BCUT2D eigenvalue weighted by atomic mass is 10.3. The molecule has 0 atom stereocenters. The minimum Gasteiger partial charge on any atom is -0.462 e. The van der Waals surface area contributed by atoms with E-state index in [1.165, 1.54) is 6.08 Å². The van der Waals surface area contributed by atoms with Crippen molar-refractivity contribution in [3.05, 3.63) is 28.5 Å². The van der Waals surface area contributed by atoms with Gasteiger partial charge in [0.2, 0.25) is 0 Å². The lowest BCUT2D eigenvalue weighted by Crippen LogP contribution is -2.08. The molecule has 0 aliphatic rings. The molecular weight excluding hydrogens is 178 g/mol. The zero-order valence-corrected chi connectivity index (χ0v) is 6.38. The van der Waals surface area contributed by atoms with Crippen molar-refractivity contribution in [2.75, 3.05) is 0 Å². The Morgan fingerprint density at radius 3 is 2.77 bits per heavy atom. The largest absolute Gasteiger partial charge is 0.462 e. The monoisotopic (exact) mass is 183 g/mol. The second-order valence-electron chi connectivity index (χ2n) is 2.10. The SMILES string of the molecule is C=Cc1cn(C(=O)O)nc1[N+](=O)[O-]. The van der Waals surface area contributed by atoms with E-state index in [0.29, 0.717) is 4.68 Å². The summed E-state index contributed by atoms with van der Waals surface area (Å²) in [6.45, 7) is 3.30. The molecule has 0 spiro atoms. The average molecular weight is 183 g/mol. The standard InChI is InChI=1S/C6H5N3O4/c1-2-4-3-8(6(10)11)7-5(4)9(12)13/h2-3H,1H2,(H,10,11). The van der Waals surface area contributed by atoms with Crippen LogP contribution in [0.3, 0.4) is 0 Å². The van der Waals surface area contributed by atoms with Gasteiger partial charge in [-0.15, -0.1) is 0 Å². The van der Waals surface area contributed by atoms with Crippen molar-refractivity contribution in [2.24, 2.45) is 0 Å². The van der Waals surface area contributed by atoms with Gasteiger partial charge in [-0.25, -0.2) is 4.79 Å². The zero-order chi connectivity index (χ0) is 10.0. The van der Waals surface area contributed by atoms with Gasteiger partial charge < -0.3 is 15.2 Å². The van der Waals surface area contributed by atoms with Crippen LogP contribution in [0.25, 0.3) is 6.08 Å². The van der Waals surface area contributed by atoms with Crippen molar-refractivity contribution >= 4 is 18.0 Å². The Labute approximate surface area is 72.1 Å². The van der Waals surface area contributed by atoms with Gasteiger partial charge in [0.05, 0.1) is 16.9 Å². The van der Waals surface area contributed by atoms with Crippen molar-refractivity contribution in [3.63, 3.8) is 0 Å². The Morgan fingerprint density at radius 2 is 2.46 bits per heavy atom. The van der Waals surface area contributed by atoms with Crippen LogP contribution in [0.4, 0.5) is 10.6 Å². The highest BCUT2D eigenvalue weighted by atomic mass is 16.6. The third-order valence-electron chi connectivity index (χ3n) is 1.31. The van der Waals surface area contributed by atoms with Crippen LogP contribution in [0.2, 0.25) is 0 Å². The molecular formula is C6H5N3O4. The Kier molecular flexibility index (Phi) is 2.09. The van der Waals surface area contributed by atoms with Crippen LogP contribution in [0.15, 0.2) is 12.8 Å². The first kappa shape index (κ1) is 8.91. The summed E-state index contributed by atoms with van der Waals surface area (Å²) in [7, 11) is 0. The van der Waals surface area contributed by atoms with Crippen LogP contribution in [-0.4, -0.2) is 25.9 Å². The van der Waals surface area contributed by atoms with Gasteiger partial charge in [-0.3, -0.25) is 0 Å². The molecule has 0 amide bonds. The molecule has 13 heavy (non-hydrogen) atoms. The maximum absolute atomic E-state index is 10.3. The van der Waals surface area contributed by atoms with E-state index in [-0.39, 0.29) is 5.56 Å². The minimum atomic E-state index is -1.38. The number of rotatable bonds is 2. The molecule has 0 unspecified atom stereocenters. The topological polar surface area (TPSA) is 98.3 Å². The van der Waals surface area contributed by atoms with Gasteiger partial charge in [0.1, 0.15) is 0 Å². The maximum Gasteiger partial charge on any atom is 0.451 e. The van der Waals surface area contributed by atoms with E-state index in [1.807, 2.05) is 0 Å². The van der Waals surface area contributed by atoms with Crippen LogP contribution < -0.4 is 0 Å². The maximum atomic E-state index is 10.3. The highest BCUT2D eigenvalue weighted by molar-refractivity contribution is 5.69. The number of nitrogens with zero attached hydrogens (tertiary/aromatic N) is 3. The molecule has 0 fully saturated rings. The van der Waals surface area contributed by atoms with Gasteiger partial charge in [0.15, 0.2) is 0 Å². The molecule has 0 saturated carbocycles. The van der Waals surface area contributed by atoms with Gasteiger partial charge in [-0.05, 0) is 4.92 Å². The van der Waals surface area contributed by atoms with Crippen LogP contribution in [0, 0.1) is 10.1 Å². The number of nitro groups is 1. The van der Waals surface area contributed by atoms with E-state index in [4.69, 9.17) is 5.11 Å². The number of carboxylic acid groups (broad SMARTS) is 1. The molecule has 0 saturated heterocycles. The van der Waals surface area contributed by atoms with E-state index >= 15 is 0 Å². The molecule has 0 bridgehead atoms. The average Bonchev–Trinajstić information content (AvgIpc) is 2.47. The Hall–Kier alpha value is -2.18. The Bertz CT molecular complexity index is 381. The van der Waals surface area contributed by atoms with Crippen LogP contribution in [0.5, 0.6) is 0 Å². The van der Waals surface area contributed by atoms with E-state index in [2.05, 4.69) is 11.7 Å². The van der Waals surface area contributed by atoms with Crippen molar-refractivity contribution in [2.45, 2.75) is 0 Å². The summed E-state index contributed by atoms with van der Waals surface area (Å²) >= 11 is 0. The van der Waals surface area contributed by atoms with Gasteiger partial charge in [0, 0.05) is 0 Å². The smallest absolute Gasteiger partial charge is 0.451 e. The molecule has 1 heterocycles. The third kappa shape index (κ3) is 1.53. The van der Waals surface area contributed by atoms with Gasteiger partial charge in [0.25, 0.3) is 0 Å². The lowest BCUT2D eigenvalue weighted by molar-refractivity contribution is -0.389. The summed E-state index contributed by atoms with van der Waals surface area (Å²) in [5, 5.41) is 22.0. The lowest BCUT2D eigenvalue weighted by Gasteiger charge is -1.86. The van der Waals surface area contributed by atoms with Crippen molar-refractivity contribution in [3.8, 4) is 0 Å². The Morgan fingerprint density at radius 1 is 1.85 bits per heavy atom.